The third-order valence-corrected chi connectivity index (χ3v) is 4.01. The highest BCUT2D eigenvalue weighted by molar-refractivity contribution is 5.61. The lowest BCUT2D eigenvalue weighted by molar-refractivity contribution is 0.628. The van der Waals surface area contributed by atoms with Crippen molar-refractivity contribution in [3.8, 4) is 11.3 Å². The van der Waals surface area contributed by atoms with Gasteiger partial charge in [0.25, 0.3) is 0 Å². The smallest absolute Gasteiger partial charge is 0.226 e. The quantitative estimate of drug-likeness (QED) is 0.946. The first-order chi connectivity index (χ1) is 10.8. The molecule has 0 aliphatic carbocycles. The summed E-state index contributed by atoms with van der Waals surface area (Å²) in [6.45, 7) is 2.34. The van der Waals surface area contributed by atoms with E-state index in [0.29, 0.717) is 6.54 Å². The topological polar surface area (TPSA) is 55.0 Å². The van der Waals surface area contributed by atoms with Crippen LogP contribution in [0, 0.1) is 5.82 Å². The molecule has 0 saturated carbocycles. The summed E-state index contributed by atoms with van der Waals surface area (Å²) in [5.74, 6) is 0.494. The van der Waals surface area contributed by atoms with E-state index in [1.807, 2.05) is 6.07 Å². The van der Waals surface area contributed by atoms with Gasteiger partial charge in [-0.2, -0.15) is 0 Å². The standard InChI is InChI=1S/C17H21FN4/c18-14-7-5-13(6-8-14)16-11-15(12-19)20-17(21-16)22-9-3-1-2-4-10-22/h5-8,11H,1-4,9-10,12,19H2. The van der Waals surface area contributed by atoms with Crippen LogP contribution in [0.5, 0.6) is 0 Å². The summed E-state index contributed by atoms with van der Waals surface area (Å²) in [6.07, 6.45) is 4.86. The lowest BCUT2D eigenvalue weighted by Gasteiger charge is -2.21. The summed E-state index contributed by atoms with van der Waals surface area (Å²) in [5, 5.41) is 0. The molecule has 116 valence electrons. The normalized spacial score (nSPS) is 15.6. The molecule has 1 aliphatic heterocycles. The number of hydrogen-bond acceptors (Lipinski definition) is 4. The van der Waals surface area contributed by atoms with Gasteiger partial charge in [-0.15, -0.1) is 0 Å². The first-order valence-electron chi connectivity index (χ1n) is 7.85. The van der Waals surface area contributed by atoms with E-state index in [-0.39, 0.29) is 5.82 Å². The van der Waals surface area contributed by atoms with Gasteiger partial charge in [0.05, 0.1) is 11.4 Å². The maximum Gasteiger partial charge on any atom is 0.226 e. The fourth-order valence-electron chi connectivity index (χ4n) is 2.77. The zero-order valence-electron chi connectivity index (χ0n) is 12.6. The van der Waals surface area contributed by atoms with E-state index < -0.39 is 0 Å². The van der Waals surface area contributed by atoms with E-state index in [1.165, 1.54) is 37.8 Å². The minimum Gasteiger partial charge on any atom is -0.341 e. The van der Waals surface area contributed by atoms with Crippen LogP contribution in [0.15, 0.2) is 30.3 Å². The monoisotopic (exact) mass is 300 g/mol. The van der Waals surface area contributed by atoms with Crippen molar-refractivity contribution >= 4 is 5.95 Å². The summed E-state index contributed by atoms with van der Waals surface area (Å²) < 4.78 is 13.1. The highest BCUT2D eigenvalue weighted by Crippen LogP contribution is 2.23. The Kier molecular flexibility index (Phi) is 4.63. The van der Waals surface area contributed by atoms with Crippen molar-refractivity contribution in [3.05, 3.63) is 41.8 Å². The first kappa shape index (κ1) is 14.9. The van der Waals surface area contributed by atoms with Crippen molar-refractivity contribution < 1.29 is 4.39 Å². The number of hydrogen-bond donors (Lipinski definition) is 1. The van der Waals surface area contributed by atoms with E-state index in [4.69, 9.17) is 5.73 Å². The largest absolute Gasteiger partial charge is 0.341 e. The molecule has 2 N–H and O–H groups in total. The molecule has 1 fully saturated rings. The molecule has 4 nitrogen and oxygen atoms in total. The number of nitrogens with two attached hydrogens (primary N) is 1. The molecule has 3 rings (SSSR count). The van der Waals surface area contributed by atoms with E-state index in [0.717, 1.165) is 36.0 Å². The Hall–Kier alpha value is -2.01. The van der Waals surface area contributed by atoms with Crippen LogP contribution in [-0.4, -0.2) is 23.1 Å². The molecular formula is C17H21FN4. The molecule has 1 saturated heterocycles. The Morgan fingerprint density at radius 2 is 1.68 bits per heavy atom. The molecule has 22 heavy (non-hydrogen) atoms. The average molecular weight is 300 g/mol. The molecule has 0 unspecified atom stereocenters. The van der Waals surface area contributed by atoms with Crippen molar-refractivity contribution in [1.29, 1.82) is 0 Å². The van der Waals surface area contributed by atoms with Gasteiger partial charge in [0, 0.05) is 25.2 Å². The maximum atomic E-state index is 13.1. The first-order valence-corrected chi connectivity index (χ1v) is 7.85. The van der Waals surface area contributed by atoms with Crippen molar-refractivity contribution in [3.63, 3.8) is 0 Å². The Morgan fingerprint density at radius 1 is 1.00 bits per heavy atom. The fraction of sp³-hybridized carbons (Fsp3) is 0.412. The Labute approximate surface area is 130 Å². The SMILES string of the molecule is NCc1cc(-c2ccc(F)cc2)nc(N2CCCCCC2)n1. The van der Waals surface area contributed by atoms with Gasteiger partial charge < -0.3 is 10.6 Å². The van der Waals surface area contributed by atoms with Gasteiger partial charge in [-0.25, -0.2) is 14.4 Å². The van der Waals surface area contributed by atoms with Crippen LogP contribution >= 0.6 is 0 Å². The predicted octanol–water partition coefficient (Wildman–Crippen LogP) is 3.12. The van der Waals surface area contributed by atoms with Crippen molar-refractivity contribution in [1.82, 2.24) is 9.97 Å². The third-order valence-electron chi connectivity index (χ3n) is 4.01. The van der Waals surface area contributed by atoms with Gasteiger partial charge in [0.2, 0.25) is 5.95 Å². The third kappa shape index (κ3) is 3.42. The summed E-state index contributed by atoms with van der Waals surface area (Å²) in [7, 11) is 0. The van der Waals surface area contributed by atoms with Gasteiger partial charge in [-0.3, -0.25) is 0 Å². The molecule has 0 atom stereocenters. The molecule has 0 amide bonds. The Morgan fingerprint density at radius 3 is 2.32 bits per heavy atom. The molecule has 1 aromatic heterocycles. The molecule has 0 spiro atoms. The van der Waals surface area contributed by atoms with E-state index in [9.17, 15) is 4.39 Å². The van der Waals surface area contributed by atoms with Crippen LogP contribution in [0.1, 0.15) is 31.4 Å². The van der Waals surface area contributed by atoms with Gasteiger partial charge in [0.15, 0.2) is 0 Å². The van der Waals surface area contributed by atoms with Crippen LogP contribution in [0.25, 0.3) is 11.3 Å². The van der Waals surface area contributed by atoms with Crippen LogP contribution in [0.4, 0.5) is 10.3 Å². The van der Waals surface area contributed by atoms with Crippen LogP contribution in [0.2, 0.25) is 0 Å². The predicted molar refractivity (Wildman–Crippen MR) is 86.0 cm³/mol. The molecule has 5 heteroatoms. The second-order valence-electron chi connectivity index (χ2n) is 5.66. The number of anilines is 1. The van der Waals surface area contributed by atoms with E-state index in [2.05, 4.69) is 14.9 Å². The lowest BCUT2D eigenvalue weighted by atomic mass is 10.1. The zero-order valence-corrected chi connectivity index (χ0v) is 12.6. The summed E-state index contributed by atoms with van der Waals surface area (Å²) in [5.41, 5.74) is 8.28. The Balaban J connectivity index is 1.96. The average Bonchev–Trinajstić information content (AvgIpc) is 2.84. The lowest BCUT2D eigenvalue weighted by Crippen LogP contribution is -2.26. The highest BCUT2D eigenvalue weighted by atomic mass is 19.1. The molecular weight excluding hydrogens is 279 g/mol. The minimum atomic E-state index is -0.246. The number of rotatable bonds is 3. The maximum absolute atomic E-state index is 13.1. The molecule has 2 aromatic rings. The molecule has 1 aliphatic rings. The molecule has 0 bridgehead atoms. The number of nitrogens with zero attached hydrogens (tertiary/aromatic N) is 3. The van der Waals surface area contributed by atoms with Crippen molar-refractivity contribution in [2.45, 2.75) is 32.2 Å². The van der Waals surface area contributed by atoms with Crippen molar-refractivity contribution in [2.24, 2.45) is 5.73 Å². The van der Waals surface area contributed by atoms with Gasteiger partial charge in [0.1, 0.15) is 5.82 Å². The second kappa shape index (κ2) is 6.83. The van der Waals surface area contributed by atoms with Gasteiger partial charge in [-0.1, -0.05) is 12.8 Å². The summed E-state index contributed by atoms with van der Waals surface area (Å²) in [6, 6.07) is 8.26. The van der Waals surface area contributed by atoms with Crippen LogP contribution in [-0.2, 0) is 6.54 Å². The van der Waals surface area contributed by atoms with Crippen molar-refractivity contribution in [2.75, 3.05) is 18.0 Å². The van der Waals surface area contributed by atoms with E-state index in [1.54, 1.807) is 12.1 Å². The van der Waals surface area contributed by atoms with Crippen LogP contribution in [0.3, 0.4) is 0 Å². The van der Waals surface area contributed by atoms with Crippen LogP contribution < -0.4 is 10.6 Å². The van der Waals surface area contributed by atoms with Gasteiger partial charge >= 0.3 is 0 Å². The summed E-state index contributed by atoms with van der Waals surface area (Å²) in [4.78, 5) is 11.5. The number of halogens is 1. The Bertz CT molecular complexity index is 619. The molecule has 2 heterocycles. The van der Waals surface area contributed by atoms with Gasteiger partial charge in [-0.05, 0) is 43.2 Å². The van der Waals surface area contributed by atoms with E-state index >= 15 is 0 Å². The second-order valence-corrected chi connectivity index (χ2v) is 5.66. The number of aromatic nitrogens is 2. The number of benzene rings is 1. The summed E-state index contributed by atoms with van der Waals surface area (Å²) >= 11 is 0. The fourth-order valence-corrected chi connectivity index (χ4v) is 2.77. The highest BCUT2D eigenvalue weighted by Gasteiger charge is 2.15. The zero-order chi connectivity index (χ0) is 15.4. The molecule has 1 aromatic carbocycles. The minimum absolute atomic E-state index is 0.246. The molecule has 0 radical (unpaired) electrons.